The van der Waals surface area contributed by atoms with Crippen molar-refractivity contribution in [1.82, 2.24) is 29.7 Å². The highest BCUT2D eigenvalue weighted by Crippen LogP contribution is 2.21. The highest BCUT2D eigenvalue weighted by molar-refractivity contribution is 5.80. The molecule has 37 heavy (non-hydrogen) atoms. The zero-order valence-corrected chi connectivity index (χ0v) is 21.5. The van der Waals surface area contributed by atoms with Crippen LogP contribution >= 0.6 is 0 Å². The molecule has 0 aromatic carbocycles. The summed E-state index contributed by atoms with van der Waals surface area (Å²) < 4.78 is 12.4. The number of amides is 1. The fraction of sp³-hybridized carbons (Fsp3) is 0.500. The number of nitrogens with one attached hydrogen (secondary N) is 1. The summed E-state index contributed by atoms with van der Waals surface area (Å²) in [6.45, 7) is 6.61. The molecule has 1 fully saturated rings. The lowest BCUT2D eigenvalue weighted by atomic mass is 10.1. The van der Waals surface area contributed by atoms with E-state index in [0.717, 1.165) is 38.9 Å². The maximum atomic E-state index is 13.6. The molecule has 0 atom stereocenters. The molecule has 198 valence electrons. The average molecular weight is 511 g/mol. The molecule has 0 aliphatic carbocycles. The van der Waals surface area contributed by atoms with E-state index in [4.69, 9.17) is 9.47 Å². The van der Waals surface area contributed by atoms with Crippen LogP contribution in [0.25, 0.3) is 22.6 Å². The molecule has 4 rings (SSSR count). The molecule has 4 heterocycles. The fourth-order valence-electron chi connectivity index (χ4n) is 4.29. The van der Waals surface area contributed by atoms with Crippen LogP contribution < -0.4 is 20.3 Å². The lowest BCUT2D eigenvalue weighted by Crippen LogP contribution is -2.37. The average Bonchev–Trinajstić information content (AvgIpc) is 2.89. The van der Waals surface area contributed by atoms with Gasteiger partial charge >= 0.3 is 0 Å². The van der Waals surface area contributed by atoms with Crippen LogP contribution in [0.1, 0.15) is 33.1 Å². The van der Waals surface area contributed by atoms with E-state index in [1.807, 2.05) is 13.8 Å². The van der Waals surface area contributed by atoms with Gasteiger partial charge in [0.1, 0.15) is 18.0 Å². The number of aliphatic hydroxyl groups excluding tert-OH is 1. The Hall–Kier alpha value is -3.57. The Morgan fingerprint density at radius 1 is 1.24 bits per heavy atom. The van der Waals surface area contributed by atoms with Crippen LogP contribution in [0.3, 0.4) is 0 Å². The van der Waals surface area contributed by atoms with Crippen LogP contribution in [0.15, 0.2) is 35.3 Å². The number of hydrogen-bond donors (Lipinski definition) is 2. The zero-order valence-electron chi connectivity index (χ0n) is 21.5. The second-order valence-electron chi connectivity index (χ2n) is 9.43. The van der Waals surface area contributed by atoms with Crippen molar-refractivity contribution >= 4 is 16.9 Å². The van der Waals surface area contributed by atoms with Crippen LogP contribution in [0, 0.1) is 0 Å². The third-order valence-corrected chi connectivity index (χ3v) is 6.14. The first-order chi connectivity index (χ1) is 17.8. The fourth-order valence-corrected chi connectivity index (χ4v) is 4.29. The van der Waals surface area contributed by atoms with Gasteiger partial charge in [-0.2, -0.15) is 0 Å². The molecule has 0 bridgehead atoms. The van der Waals surface area contributed by atoms with Gasteiger partial charge in [-0.1, -0.05) is 6.07 Å². The van der Waals surface area contributed by atoms with E-state index in [1.54, 1.807) is 30.5 Å². The molecule has 11 nitrogen and oxygen atoms in total. The molecular weight excluding hydrogens is 476 g/mol. The van der Waals surface area contributed by atoms with Crippen molar-refractivity contribution in [2.24, 2.45) is 0 Å². The number of methoxy groups -OCH3 is 1. The number of carbonyl (C=O) groups is 1. The summed E-state index contributed by atoms with van der Waals surface area (Å²) in [5, 5.41) is 12.7. The minimum Gasteiger partial charge on any atom is -0.492 e. The maximum Gasteiger partial charge on any atom is 0.263 e. The monoisotopic (exact) mass is 510 g/mol. The molecule has 0 radical (unpaired) electrons. The minimum atomic E-state index is -0.409. The second-order valence-corrected chi connectivity index (χ2v) is 9.43. The van der Waals surface area contributed by atoms with Crippen LogP contribution in [0.2, 0.25) is 0 Å². The molecule has 0 saturated carbocycles. The second kappa shape index (κ2) is 12.1. The molecule has 3 aromatic rings. The van der Waals surface area contributed by atoms with Gasteiger partial charge in [0.25, 0.3) is 5.56 Å². The summed E-state index contributed by atoms with van der Waals surface area (Å²) in [7, 11) is 1.50. The number of aliphatic hydroxyl groups is 1. The molecule has 1 amide bonds. The van der Waals surface area contributed by atoms with Crippen molar-refractivity contribution in [2.75, 3.05) is 33.4 Å². The van der Waals surface area contributed by atoms with Gasteiger partial charge in [0.05, 0.1) is 31.4 Å². The number of ether oxygens (including phenoxy) is 2. The van der Waals surface area contributed by atoms with E-state index in [2.05, 4.69) is 25.2 Å². The van der Waals surface area contributed by atoms with Gasteiger partial charge in [0.15, 0.2) is 11.5 Å². The van der Waals surface area contributed by atoms with Crippen LogP contribution in [0.4, 0.5) is 0 Å². The Balaban J connectivity index is 1.58. The third kappa shape index (κ3) is 6.80. The molecule has 1 aliphatic heterocycles. The first-order valence-corrected chi connectivity index (χ1v) is 12.6. The lowest BCUT2D eigenvalue weighted by Gasteiger charge is -2.29. The topological polar surface area (TPSA) is 132 Å². The minimum absolute atomic E-state index is 0.0771. The summed E-state index contributed by atoms with van der Waals surface area (Å²) in [5.74, 6) is 0.740. The largest absolute Gasteiger partial charge is 0.492 e. The summed E-state index contributed by atoms with van der Waals surface area (Å²) >= 11 is 0. The summed E-state index contributed by atoms with van der Waals surface area (Å²) in [6.07, 6.45) is 3.77. The number of aromatic nitrogens is 4. The van der Waals surface area contributed by atoms with E-state index in [0.29, 0.717) is 23.9 Å². The van der Waals surface area contributed by atoms with E-state index in [-0.39, 0.29) is 41.5 Å². The van der Waals surface area contributed by atoms with Gasteiger partial charge in [-0.3, -0.25) is 14.2 Å². The van der Waals surface area contributed by atoms with Crippen molar-refractivity contribution in [1.29, 1.82) is 0 Å². The highest BCUT2D eigenvalue weighted by Gasteiger charge is 2.19. The number of rotatable bonds is 10. The number of likely N-dealkylation sites (tertiary alicyclic amines) is 1. The van der Waals surface area contributed by atoms with Crippen molar-refractivity contribution in [2.45, 2.75) is 51.8 Å². The van der Waals surface area contributed by atoms with Gasteiger partial charge in [0.2, 0.25) is 11.8 Å². The zero-order chi connectivity index (χ0) is 26.4. The summed E-state index contributed by atoms with van der Waals surface area (Å²) in [5.41, 5.74) is 0.223. The Morgan fingerprint density at radius 2 is 2.03 bits per heavy atom. The molecule has 2 N–H and O–H groups in total. The molecular formula is C26H34N6O5. The Morgan fingerprint density at radius 3 is 2.76 bits per heavy atom. The lowest BCUT2D eigenvalue weighted by molar-refractivity contribution is -0.122. The number of hydrogen-bond acceptors (Lipinski definition) is 9. The van der Waals surface area contributed by atoms with E-state index in [1.165, 1.54) is 11.7 Å². The first-order valence-electron chi connectivity index (χ1n) is 12.6. The Kier molecular flexibility index (Phi) is 8.67. The van der Waals surface area contributed by atoms with Gasteiger partial charge in [-0.25, -0.2) is 15.0 Å². The maximum absolute atomic E-state index is 13.6. The SMILES string of the molecule is COc1cccc(-c2nc3ncc(OCCCN4CCC(O)CC4)cc3c(=O)n2CC(=O)NC(C)C)n1. The third-order valence-electron chi connectivity index (χ3n) is 6.14. The number of nitrogens with zero attached hydrogens (tertiary/aromatic N) is 5. The summed E-state index contributed by atoms with van der Waals surface area (Å²) in [4.78, 5) is 41.9. The van der Waals surface area contributed by atoms with Crippen LogP contribution in [-0.4, -0.2) is 80.9 Å². The summed E-state index contributed by atoms with van der Waals surface area (Å²) in [6, 6.07) is 6.68. The van der Waals surface area contributed by atoms with Crippen molar-refractivity contribution in [3.63, 3.8) is 0 Å². The van der Waals surface area contributed by atoms with E-state index in [9.17, 15) is 14.7 Å². The molecule has 3 aromatic heterocycles. The quantitative estimate of drug-likeness (QED) is 0.391. The normalized spacial score (nSPS) is 14.7. The standard InChI is InChI=1S/C26H34N6O5/c1-17(2)28-22(34)16-32-25(21-6-4-7-23(29-21)36-3)30-24-20(26(32)35)14-19(15-27-24)37-13-5-10-31-11-8-18(33)9-12-31/h4,6-7,14-15,17-18,33H,5,8-13,16H2,1-3H3,(H,28,34). The number of pyridine rings is 2. The Labute approximate surface area is 215 Å². The van der Waals surface area contributed by atoms with Gasteiger partial charge in [-0.05, 0) is 45.2 Å². The molecule has 0 spiro atoms. The molecule has 1 aliphatic rings. The smallest absolute Gasteiger partial charge is 0.263 e. The highest BCUT2D eigenvalue weighted by atomic mass is 16.5. The van der Waals surface area contributed by atoms with E-state index >= 15 is 0 Å². The van der Waals surface area contributed by atoms with Crippen LogP contribution in [0.5, 0.6) is 11.6 Å². The molecule has 1 saturated heterocycles. The van der Waals surface area contributed by atoms with Crippen molar-refractivity contribution in [3.8, 4) is 23.1 Å². The number of piperidine rings is 1. The molecule has 11 heteroatoms. The number of carbonyl (C=O) groups excluding carboxylic acids is 1. The predicted octanol–water partition coefficient (Wildman–Crippen LogP) is 1.61. The molecule has 0 unspecified atom stereocenters. The predicted molar refractivity (Wildman–Crippen MR) is 139 cm³/mol. The van der Waals surface area contributed by atoms with Gasteiger partial charge in [-0.15, -0.1) is 0 Å². The van der Waals surface area contributed by atoms with Crippen molar-refractivity contribution < 1.29 is 19.4 Å². The van der Waals surface area contributed by atoms with E-state index < -0.39 is 5.56 Å². The van der Waals surface area contributed by atoms with Gasteiger partial charge < -0.3 is 24.8 Å². The van der Waals surface area contributed by atoms with Gasteiger partial charge in [0, 0.05) is 31.7 Å². The Bertz CT molecular complexity index is 1290. The van der Waals surface area contributed by atoms with Crippen LogP contribution in [-0.2, 0) is 11.3 Å². The van der Waals surface area contributed by atoms with Crippen molar-refractivity contribution in [3.05, 3.63) is 40.8 Å². The number of fused-ring (bicyclic) bond motifs is 1. The first kappa shape index (κ1) is 26.5.